The summed E-state index contributed by atoms with van der Waals surface area (Å²) in [6.45, 7) is 6.51. The molecule has 2 N–H and O–H groups in total. The highest BCUT2D eigenvalue weighted by molar-refractivity contribution is 5.66. The average Bonchev–Trinajstić information content (AvgIpc) is 1.92. The molecule has 0 saturated carbocycles. The lowest BCUT2D eigenvalue weighted by molar-refractivity contribution is -0.137. The third kappa shape index (κ3) is 2.99. The van der Waals surface area contributed by atoms with Gasteiger partial charge in [-0.3, -0.25) is 4.79 Å². The minimum absolute atomic E-state index is 0.319. The van der Waals surface area contributed by atoms with Crippen molar-refractivity contribution in [2.45, 2.75) is 26.7 Å². The SMILES string of the molecule is CC(C)C(CCC(=O)O)C1CNC1. The van der Waals surface area contributed by atoms with E-state index in [1.807, 2.05) is 0 Å². The summed E-state index contributed by atoms with van der Waals surface area (Å²) in [7, 11) is 0. The van der Waals surface area contributed by atoms with Crippen LogP contribution in [-0.4, -0.2) is 24.2 Å². The summed E-state index contributed by atoms with van der Waals surface area (Å²) in [4.78, 5) is 10.4. The van der Waals surface area contributed by atoms with Gasteiger partial charge in [0.05, 0.1) is 0 Å². The van der Waals surface area contributed by atoms with Crippen molar-refractivity contribution in [2.75, 3.05) is 13.1 Å². The van der Waals surface area contributed by atoms with Gasteiger partial charge in [0.1, 0.15) is 0 Å². The average molecular weight is 185 g/mol. The van der Waals surface area contributed by atoms with Gasteiger partial charge >= 0.3 is 5.97 Å². The highest BCUT2D eigenvalue weighted by Crippen LogP contribution is 2.28. The van der Waals surface area contributed by atoms with Crippen LogP contribution in [0.4, 0.5) is 0 Å². The molecule has 0 aromatic heterocycles. The van der Waals surface area contributed by atoms with E-state index in [1.54, 1.807) is 0 Å². The van der Waals surface area contributed by atoms with Crippen LogP contribution in [0.5, 0.6) is 0 Å². The van der Waals surface area contributed by atoms with E-state index in [0.717, 1.165) is 19.5 Å². The van der Waals surface area contributed by atoms with Crippen molar-refractivity contribution in [2.24, 2.45) is 17.8 Å². The van der Waals surface area contributed by atoms with Gasteiger partial charge in [0.2, 0.25) is 0 Å². The van der Waals surface area contributed by atoms with Gasteiger partial charge in [-0.15, -0.1) is 0 Å². The van der Waals surface area contributed by atoms with Crippen molar-refractivity contribution in [3.63, 3.8) is 0 Å². The van der Waals surface area contributed by atoms with Crippen molar-refractivity contribution >= 4 is 5.97 Å². The summed E-state index contributed by atoms with van der Waals surface area (Å²) < 4.78 is 0. The number of nitrogens with one attached hydrogen (secondary N) is 1. The van der Waals surface area contributed by atoms with Crippen molar-refractivity contribution in [3.05, 3.63) is 0 Å². The predicted octanol–water partition coefficient (Wildman–Crippen LogP) is 1.34. The first-order valence-corrected chi connectivity index (χ1v) is 5.03. The Balaban J connectivity index is 2.33. The predicted molar refractivity (Wildman–Crippen MR) is 51.6 cm³/mol. The molecule has 1 aliphatic rings. The van der Waals surface area contributed by atoms with Gasteiger partial charge in [-0.05, 0) is 37.3 Å². The Morgan fingerprint density at radius 3 is 2.46 bits per heavy atom. The first kappa shape index (κ1) is 10.5. The Hall–Kier alpha value is -0.570. The fourth-order valence-electron chi connectivity index (χ4n) is 2.02. The number of hydrogen-bond donors (Lipinski definition) is 2. The maximum Gasteiger partial charge on any atom is 0.303 e. The molecule has 1 unspecified atom stereocenters. The number of hydrogen-bond acceptors (Lipinski definition) is 2. The summed E-state index contributed by atoms with van der Waals surface area (Å²) in [5, 5.41) is 11.8. The second-order valence-electron chi connectivity index (χ2n) is 4.26. The van der Waals surface area contributed by atoms with Crippen molar-refractivity contribution < 1.29 is 9.90 Å². The van der Waals surface area contributed by atoms with E-state index in [-0.39, 0.29) is 0 Å². The summed E-state index contributed by atoms with van der Waals surface area (Å²) in [6, 6.07) is 0. The van der Waals surface area contributed by atoms with Gasteiger partial charge < -0.3 is 10.4 Å². The first-order valence-electron chi connectivity index (χ1n) is 5.03. The molecule has 0 radical (unpaired) electrons. The quantitative estimate of drug-likeness (QED) is 0.679. The van der Waals surface area contributed by atoms with Gasteiger partial charge in [0.15, 0.2) is 0 Å². The zero-order valence-electron chi connectivity index (χ0n) is 8.42. The Morgan fingerprint density at radius 2 is 2.15 bits per heavy atom. The van der Waals surface area contributed by atoms with Crippen molar-refractivity contribution in [1.82, 2.24) is 5.32 Å². The Kier molecular flexibility index (Phi) is 3.72. The van der Waals surface area contributed by atoms with Gasteiger partial charge in [-0.25, -0.2) is 0 Å². The largest absolute Gasteiger partial charge is 0.481 e. The van der Waals surface area contributed by atoms with Crippen LogP contribution in [0.25, 0.3) is 0 Å². The molecule has 0 aromatic rings. The van der Waals surface area contributed by atoms with E-state index in [9.17, 15) is 4.79 Å². The Labute approximate surface area is 79.5 Å². The van der Waals surface area contributed by atoms with Crippen LogP contribution < -0.4 is 5.32 Å². The molecule has 1 saturated heterocycles. The lowest BCUT2D eigenvalue weighted by Gasteiger charge is -2.37. The molecule has 3 nitrogen and oxygen atoms in total. The van der Waals surface area contributed by atoms with Crippen molar-refractivity contribution in [1.29, 1.82) is 0 Å². The minimum Gasteiger partial charge on any atom is -0.481 e. The van der Waals surface area contributed by atoms with Crippen LogP contribution in [0.1, 0.15) is 26.7 Å². The highest BCUT2D eigenvalue weighted by atomic mass is 16.4. The lowest BCUT2D eigenvalue weighted by Crippen LogP contribution is -2.47. The van der Waals surface area contributed by atoms with E-state index in [4.69, 9.17) is 5.11 Å². The second kappa shape index (κ2) is 4.61. The molecule has 1 aliphatic heterocycles. The Bertz CT molecular complexity index is 176. The summed E-state index contributed by atoms with van der Waals surface area (Å²) >= 11 is 0. The van der Waals surface area contributed by atoms with E-state index >= 15 is 0 Å². The molecule has 1 fully saturated rings. The van der Waals surface area contributed by atoms with Gasteiger partial charge in [-0.1, -0.05) is 13.8 Å². The fraction of sp³-hybridized carbons (Fsp3) is 0.900. The fourth-order valence-corrected chi connectivity index (χ4v) is 2.02. The van der Waals surface area contributed by atoms with Crippen LogP contribution in [0.2, 0.25) is 0 Å². The number of rotatable bonds is 5. The van der Waals surface area contributed by atoms with Crippen LogP contribution in [-0.2, 0) is 4.79 Å². The molecule has 0 spiro atoms. The smallest absolute Gasteiger partial charge is 0.303 e. The van der Waals surface area contributed by atoms with Gasteiger partial charge in [0, 0.05) is 6.42 Å². The molecule has 1 rings (SSSR count). The van der Waals surface area contributed by atoms with Crippen LogP contribution in [0.15, 0.2) is 0 Å². The summed E-state index contributed by atoms with van der Waals surface area (Å²) in [5.41, 5.74) is 0. The number of carboxylic acid groups (broad SMARTS) is 1. The molecule has 0 amide bonds. The van der Waals surface area contributed by atoms with E-state index in [1.165, 1.54) is 0 Å². The van der Waals surface area contributed by atoms with Crippen LogP contribution >= 0.6 is 0 Å². The molecule has 3 heteroatoms. The van der Waals surface area contributed by atoms with Gasteiger partial charge in [0.25, 0.3) is 0 Å². The van der Waals surface area contributed by atoms with E-state index in [2.05, 4.69) is 19.2 Å². The van der Waals surface area contributed by atoms with Crippen LogP contribution in [0, 0.1) is 17.8 Å². The first-order chi connectivity index (χ1) is 6.11. The zero-order chi connectivity index (χ0) is 9.84. The van der Waals surface area contributed by atoms with E-state index in [0.29, 0.717) is 24.2 Å². The normalized spacial score (nSPS) is 19.9. The maximum absolute atomic E-state index is 10.4. The number of aliphatic carboxylic acids is 1. The van der Waals surface area contributed by atoms with Gasteiger partial charge in [-0.2, -0.15) is 0 Å². The zero-order valence-corrected chi connectivity index (χ0v) is 8.42. The third-order valence-corrected chi connectivity index (χ3v) is 2.97. The monoisotopic (exact) mass is 185 g/mol. The lowest BCUT2D eigenvalue weighted by atomic mass is 9.77. The molecule has 1 atom stereocenters. The van der Waals surface area contributed by atoms with Crippen molar-refractivity contribution in [3.8, 4) is 0 Å². The molecule has 0 aliphatic carbocycles. The summed E-state index contributed by atoms with van der Waals surface area (Å²) in [6.07, 6.45) is 1.15. The second-order valence-corrected chi connectivity index (χ2v) is 4.26. The molecule has 0 bridgehead atoms. The topological polar surface area (TPSA) is 49.3 Å². The minimum atomic E-state index is -0.669. The van der Waals surface area contributed by atoms with E-state index < -0.39 is 5.97 Å². The number of carboxylic acids is 1. The third-order valence-electron chi connectivity index (χ3n) is 2.97. The molecule has 1 heterocycles. The summed E-state index contributed by atoms with van der Waals surface area (Å²) in [5.74, 6) is 1.22. The Morgan fingerprint density at radius 1 is 1.54 bits per heavy atom. The standard InChI is InChI=1S/C10H19NO2/c1-7(2)9(3-4-10(12)13)8-5-11-6-8/h7-9,11H,3-6H2,1-2H3,(H,12,13). The molecular weight excluding hydrogens is 166 g/mol. The molecular formula is C10H19NO2. The van der Waals surface area contributed by atoms with Crippen LogP contribution in [0.3, 0.4) is 0 Å². The highest BCUT2D eigenvalue weighted by Gasteiger charge is 2.29. The molecule has 0 aromatic carbocycles. The maximum atomic E-state index is 10.4. The molecule has 13 heavy (non-hydrogen) atoms. The molecule has 76 valence electrons. The number of carbonyl (C=O) groups is 1.